The SMILES string of the molecule is CCCC(C)OC1CC2C3CCC4=CC(=O)C=CC4(C)C3C(O)CC2(C)C1(C)C(=O)CO. The van der Waals surface area contributed by atoms with Gasteiger partial charge in [-0.15, -0.1) is 0 Å². The topological polar surface area (TPSA) is 83.8 Å². The number of fused-ring (bicyclic) bond motifs is 5. The van der Waals surface area contributed by atoms with E-state index < -0.39 is 23.5 Å². The lowest BCUT2D eigenvalue weighted by Gasteiger charge is -2.60. The molecule has 4 aliphatic carbocycles. The van der Waals surface area contributed by atoms with Gasteiger partial charge in [0.2, 0.25) is 0 Å². The highest BCUT2D eigenvalue weighted by Crippen LogP contribution is 2.70. The summed E-state index contributed by atoms with van der Waals surface area (Å²) < 4.78 is 6.52. The Bertz CT molecular complexity index is 845. The lowest BCUT2D eigenvalue weighted by molar-refractivity contribution is -0.168. The number of carbonyl (C=O) groups excluding carboxylic acids is 2. The van der Waals surface area contributed by atoms with Crippen LogP contribution in [0.25, 0.3) is 0 Å². The van der Waals surface area contributed by atoms with Crippen molar-refractivity contribution in [2.45, 2.75) is 91.5 Å². The van der Waals surface area contributed by atoms with E-state index in [0.717, 1.165) is 37.7 Å². The van der Waals surface area contributed by atoms with Gasteiger partial charge in [0.15, 0.2) is 11.6 Å². The first kappa shape index (κ1) is 23.8. The van der Waals surface area contributed by atoms with E-state index in [1.807, 2.05) is 13.0 Å². The van der Waals surface area contributed by atoms with E-state index in [2.05, 4.69) is 27.7 Å². The third-order valence-corrected chi connectivity index (χ3v) is 10.00. The minimum absolute atomic E-state index is 0.0187. The van der Waals surface area contributed by atoms with Crippen LogP contribution in [0.4, 0.5) is 0 Å². The van der Waals surface area contributed by atoms with Crippen LogP contribution in [0.3, 0.4) is 0 Å². The molecule has 9 unspecified atom stereocenters. The van der Waals surface area contributed by atoms with E-state index >= 15 is 0 Å². The maximum absolute atomic E-state index is 13.3. The predicted molar refractivity (Wildman–Crippen MR) is 123 cm³/mol. The molecule has 4 rings (SSSR count). The highest BCUT2D eigenvalue weighted by atomic mass is 16.5. The van der Waals surface area contributed by atoms with Gasteiger partial charge in [0.1, 0.15) is 6.61 Å². The van der Waals surface area contributed by atoms with Crippen molar-refractivity contribution in [1.29, 1.82) is 0 Å². The average molecular weight is 445 g/mol. The Kier molecular flexibility index (Phi) is 6.09. The molecule has 178 valence electrons. The Balaban J connectivity index is 1.74. The first-order valence-electron chi connectivity index (χ1n) is 12.4. The van der Waals surface area contributed by atoms with Crippen molar-refractivity contribution in [3.63, 3.8) is 0 Å². The van der Waals surface area contributed by atoms with Crippen molar-refractivity contribution in [2.75, 3.05) is 6.61 Å². The molecule has 0 bridgehead atoms. The number of Topliss-reactive ketones (excluding diaryl/α,β-unsaturated/α-hetero) is 1. The van der Waals surface area contributed by atoms with Crippen molar-refractivity contribution in [1.82, 2.24) is 0 Å². The second kappa shape index (κ2) is 8.18. The van der Waals surface area contributed by atoms with Crippen LogP contribution in [0, 0.1) is 34.0 Å². The number of carbonyl (C=O) groups is 2. The van der Waals surface area contributed by atoms with Gasteiger partial charge < -0.3 is 14.9 Å². The third-order valence-electron chi connectivity index (χ3n) is 10.00. The third kappa shape index (κ3) is 3.22. The molecule has 0 spiro atoms. The minimum atomic E-state index is -0.838. The molecule has 0 aromatic heterocycles. The van der Waals surface area contributed by atoms with Gasteiger partial charge >= 0.3 is 0 Å². The molecule has 3 saturated carbocycles. The Labute approximate surface area is 192 Å². The van der Waals surface area contributed by atoms with Gasteiger partial charge in [-0.1, -0.05) is 38.8 Å². The smallest absolute Gasteiger partial charge is 0.178 e. The second-order valence-electron chi connectivity index (χ2n) is 11.5. The molecule has 9 atom stereocenters. The van der Waals surface area contributed by atoms with E-state index in [9.17, 15) is 19.8 Å². The van der Waals surface area contributed by atoms with Crippen LogP contribution in [-0.4, -0.2) is 46.7 Å². The minimum Gasteiger partial charge on any atom is -0.393 e. The summed E-state index contributed by atoms with van der Waals surface area (Å²) in [5.74, 6) is 0.341. The van der Waals surface area contributed by atoms with Crippen LogP contribution in [0.5, 0.6) is 0 Å². The standard InChI is InChI=1S/C27H40O5/c1-6-7-16(2)32-23-13-20-19-9-8-17-12-18(29)10-11-25(17,3)24(19)21(30)14-26(20,4)27(23,5)22(31)15-28/h10-12,16,19-21,23-24,28,30H,6-9,13-15H2,1-5H3. The number of aliphatic hydroxyl groups is 2. The molecule has 0 aromatic carbocycles. The largest absolute Gasteiger partial charge is 0.393 e. The summed E-state index contributed by atoms with van der Waals surface area (Å²) in [4.78, 5) is 25.3. The molecule has 5 nitrogen and oxygen atoms in total. The Morgan fingerprint density at radius 3 is 2.69 bits per heavy atom. The van der Waals surface area contributed by atoms with E-state index in [0.29, 0.717) is 6.42 Å². The molecule has 0 aliphatic heterocycles. The molecular weight excluding hydrogens is 404 g/mol. The maximum atomic E-state index is 13.3. The first-order valence-corrected chi connectivity index (χ1v) is 12.4. The zero-order chi connectivity index (χ0) is 23.5. The van der Waals surface area contributed by atoms with Crippen LogP contribution >= 0.6 is 0 Å². The fourth-order valence-corrected chi connectivity index (χ4v) is 8.15. The van der Waals surface area contributed by atoms with Crippen molar-refractivity contribution < 1.29 is 24.5 Å². The van der Waals surface area contributed by atoms with Crippen LogP contribution in [0.15, 0.2) is 23.8 Å². The van der Waals surface area contributed by atoms with Gasteiger partial charge in [-0.05, 0) is 75.4 Å². The quantitative estimate of drug-likeness (QED) is 0.647. The highest BCUT2D eigenvalue weighted by Gasteiger charge is 2.70. The lowest BCUT2D eigenvalue weighted by Crippen LogP contribution is -2.59. The van der Waals surface area contributed by atoms with Gasteiger partial charge in [0, 0.05) is 11.3 Å². The summed E-state index contributed by atoms with van der Waals surface area (Å²) in [5.41, 5.74) is -0.486. The molecule has 0 aromatic rings. The molecule has 0 radical (unpaired) electrons. The van der Waals surface area contributed by atoms with E-state index in [1.54, 1.807) is 12.2 Å². The Hall–Kier alpha value is -1.30. The summed E-state index contributed by atoms with van der Waals surface area (Å²) in [5, 5.41) is 21.5. The monoisotopic (exact) mass is 444 g/mol. The maximum Gasteiger partial charge on any atom is 0.178 e. The lowest BCUT2D eigenvalue weighted by atomic mass is 9.45. The molecule has 2 N–H and O–H groups in total. The molecule has 0 saturated heterocycles. The Morgan fingerprint density at radius 1 is 1.31 bits per heavy atom. The molecule has 5 heteroatoms. The van der Waals surface area contributed by atoms with E-state index in [-0.39, 0.29) is 46.9 Å². The molecule has 0 amide bonds. The van der Waals surface area contributed by atoms with Gasteiger partial charge in [-0.2, -0.15) is 0 Å². The summed E-state index contributed by atoms with van der Waals surface area (Å²) in [6, 6.07) is 0. The summed E-state index contributed by atoms with van der Waals surface area (Å²) in [6.07, 6.45) is 9.61. The summed E-state index contributed by atoms with van der Waals surface area (Å²) >= 11 is 0. The fourth-order valence-electron chi connectivity index (χ4n) is 8.15. The zero-order valence-electron chi connectivity index (χ0n) is 20.3. The highest BCUT2D eigenvalue weighted by molar-refractivity contribution is 6.01. The zero-order valence-corrected chi connectivity index (χ0v) is 20.3. The second-order valence-corrected chi connectivity index (χ2v) is 11.5. The van der Waals surface area contributed by atoms with Gasteiger partial charge in [0.25, 0.3) is 0 Å². The number of hydrogen-bond donors (Lipinski definition) is 2. The van der Waals surface area contributed by atoms with Crippen molar-refractivity contribution in [3.05, 3.63) is 23.8 Å². The van der Waals surface area contributed by atoms with E-state index in [1.165, 1.54) is 0 Å². The number of hydrogen-bond acceptors (Lipinski definition) is 5. The van der Waals surface area contributed by atoms with Gasteiger partial charge in [-0.25, -0.2) is 0 Å². The van der Waals surface area contributed by atoms with Crippen molar-refractivity contribution in [3.8, 4) is 0 Å². The summed E-state index contributed by atoms with van der Waals surface area (Å²) in [7, 11) is 0. The Morgan fingerprint density at radius 2 is 2.03 bits per heavy atom. The van der Waals surface area contributed by atoms with Crippen LogP contribution < -0.4 is 0 Å². The van der Waals surface area contributed by atoms with Gasteiger partial charge in [-0.3, -0.25) is 9.59 Å². The number of aliphatic hydroxyl groups excluding tert-OH is 2. The fraction of sp³-hybridized carbons (Fsp3) is 0.778. The number of rotatable bonds is 6. The van der Waals surface area contributed by atoms with E-state index in [4.69, 9.17) is 4.74 Å². The number of ether oxygens (including phenoxy) is 1. The molecule has 0 heterocycles. The van der Waals surface area contributed by atoms with Gasteiger partial charge in [0.05, 0.1) is 23.7 Å². The first-order chi connectivity index (χ1) is 15.0. The number of ketones is 2. The number of allylic oxidation sites excluding steroid dienone is 4. The molecular formula is C27H40O5. The molecule has 3 fully saturated rings. The van der Waals surface area contributed by atoms with Crippen LogP contribution in [-0.2, 0) is 14.3 Å². The average Bonchev–Trinajstić information content (AvgIpc) is 2.95. The van der Waals surface area contributed by atoms with Crippen molar-refractivity contribution in [2.24, 2.45) is 34.0 Å². The summed E-state index contributed by atoms with van der Waals surface area (Å²) in [6.45, 7) is 9.97. The molecule has 4 aliphatic rings. The normalized spacial score (nSPS) is 46.2. The van der Waals surface area contributed by atoms with Crippen LogP contribution in [0.1, 0.15) is 73.1 Å². The predicted octanol–water partition coefficient (Wildman–Crippen LogP) is 4.02. The van der Waals surface area contributed by atoms with Crippen LogP contribution in [0.2, 0.25) is 0 Å². The molecule has 32 heavy (non-hydrogen) atoms. The van der Waals surface area contributed by atoms with Crippen molar-refractivity contribution >= 4 is 11.6 Å².